The van der Waals surface area contributed by atoms with Crippen LogP contribution in [0.15, 0.2) is 35.1 Å². The summed E-state index contributed by atoms with van der Waals surface area (Å²) in [4.78, 5) is 22.7. The molecule has 0 bridgehead atoms. The van der Waals surface area contributed by atoms with Crippen molar-refractivity contribution < 1.29 is 14.7 Å². The van der Waals surface area contributed by atoms with Crippen molar-refractivity contribution in [3.8, 4) is 0 Å². The van der Waals surface area contributed by atoms with Crippen LogP contribution in [-0.4, -0.2) is 26.8 Å². The van der Waals surface area contributed by atoms with Gasteiger partial charge in [0.1, 0.15) is 6.54 Å². The summed E-state index contributed by atoms with van der Waals surface area (Å²) in [6, 6.07) is 5.43. The highest BCUT2D eigenvalue weighted by Gasteiger charge is 2.12. The number of hydrogen-bond acceptors (Lipinski definition) is 3. The fourth-order valence-electron chi connectivity index (χ4n) is 1.52. The third-order valence-electron chi connectivity index (χ3n) is 2.36. The molecule has 0 saturated heterocycles. The van der Waals surface area contributed by atoms with Gasteiger partial charge in [-0.3, -0.25) is 14.3 Å². The average molecular weight is 450 g/mol. The summed E-state index contributed by atoms with van der Waals surface area (Å²) in [7, 11) is 0. The molecule has 1 aromatic carbocycles. The minimum absolute atomic E-state index is 0.247. The Balaban J connectivity index is 2.13. The van der Waals surface area contributed by atoms with Gasteiger partial charge in [-0.05, 0) is 56.7 Å². The van der Waals surface area contributed by atoms with E-state index in [1.54, 1.807) is 12.1 Å². The number of rotatable bonds is 4. The zero-order chi connectivity index (χ0) is 14.7. The normalized spacial score (nSPS) is 10.3. The van der Waals surface area contributed by atoms with Crippen LogP contribution in [0.5, 0.6) is 0 Å². The van der Waals surface area contributed by atoms with E-state index < -0.39 is 5.97 Å². The zero-order valence-corrected chi connectivity index (χ0v) is 13.8. The number of carbonyl (C=O) groups excluding carboxylic acids is 1. The van der Waals surface area contributed by atoms with Crippen LogP contribution in [0.25, 0.3) is 0 Å². The van der Waals surface area contributed by atoms with Gasteiger partial charge < -0.3 is 10.4 Å². The van der Waals surface area contributed by atoms with Crippen molar-refractivity contribution in [1.29, 1.82) is 0 Å². The van der Waals surface area contributed by atoms with E-state index in [1.165, 1.54) is 17.1 Å². The maximum atomic E-state index is 12.1. The SMILES string of the molecule is O=C(O)Cn1cc(NC(=O)c2cc(I)ccc2Br)cn1. The number of nitrogens with one attached hydrogen (secondary N) is 1. The fraction of sp³-hybridized carbons (Fsp3) is 0.0833. The number of hydrogen-bond donors (Lipinski definition) is 2. The lowest BCUT2D eigenvalue weighted by molar-refractivity contribution is -0.137. The molecule has 2 aromatic rings. The molecule has 0 spiro atoms. The predicted octanol–water partition coefficient (Wildman–Crippen LogP) is 2.59. The van der Waals surface area contributed by atoms with E-state index in [2.05, 4.69) is 48.9 Å². The molecule has 0 atom stereocenters. The Hall–Kier alpha value is -1.42. The van der Waals surface area contributed by atoms with Gasteiger partial charge in [-0.15, -0.1) is 0 Å². The molecular formula is C12H9BrIN3O3. The van der Waals surface area contributed by atoms with Crippen LogP contribution in [-0.2, 0) is 11.3 Å². The number of nitrogens with zero attached hydrogens (tertiary/aromatic N) is 2. The van der Waals surface area contributed by atoms with Crippen LogP contribution in [0, 0.1) is 3.57 Å². The lowest BCUT2D eigenvalue weighted by Gasteiger charge is -2.05. The summed E-state index contributed by atoms with van der Waals surface area (Å²) < 4.78 is 2.87. The molecule has 6 nitrogen and oxygen atoms in total. The molecule has 0 saturated carbocycles. The number of anilines is 1. The molecule has 2 N–H and O–H groups in total. The van der Waals surface area contributed by atoms with Crippen molar-refractivity contribution in [2.75, 3.05) is 5.32 Å². The second-order valence-corrected chi connectivity index (χ2v) is 6.00. The van der Waals surface area contributed by atoms with Crippen molar-refractivity contribution in [2.45, 2.75) is 6.54 Å². The third-order valence-corrected chi connectivity index (χ3v) is 3.72. The number of halogens is 2. The Bertz CT molecular complexity index is 672. The van der Waals surface area contributed by atoms with E-state index in [0.717, 1.165) is 3.57 Å². The van der Waals surface area contributed by atoms with Crippen molar-refractivity contribution >= 4 is 56.1 Å². The summed E-state index contributed by atoms with van der Waals surface area (Å²) >= 11 is 5.44. The van der Waals surface area contributed by atoms with Gasteiger partial charge >= 0.3 is 5.97 Å². The number of benzene rings is 1. The summed E-state index contributed by atoms with van der Waals surface area (Å²) in [5, 5.41) is 15.2. The molecule has 1 amide bonds. The summed E-state index contributed by atoms with van der Waals surface area (Å²) in [6.45, 7) is -0.247. The van der Waals surface area contributed by atoms with E-state index in [0.29, 0.717) is 15.7 Å². The van der Waals surface area contributed by atoms with Gasteiger partial charge in [-0.2, -0.15) is 5.10 Å². The van der Waals surface area contributed by atoms with E-state index in [-0.39, 0.29) is 12.5 Å². The van der Waals surface area contributed by atoms with Crippen molar-refractivity contribution in [3.63, 3.8) is 0 Å². The summed E-state index contributed by atoms with van der Waals surface area (Å²) in [5.74, 6) is -1.28. The van der Waals surface area contributed by atoms with Crippen molar-refractivity contribution in [1.82, 2.24) is 9.78 Å². The van der Waals surface area contributed by atoms with Gasteiger partial charge in [-0.25, -0.2) is 0 Å². The third kappa shape index (κ3) is 3.79. The molecule has 0 aliphatic carbocycles. The monoisotopic (exact) mass is 449 g/mol. The Labute approximate surface area is 136 Å². The molecule has 2 rings (SSSR count). The molecule has 0 fully saturated rings. The topological polar surface area (TPSA) is 84.2 Å². The van der Waals surface area contributed by atoms with Gasteiger partial charge in [-0.1, -0.05) is 0 Å². The molecule has 0 unspecified atom stereocenters. The van der Waals surface area contributed by atoms with Gasteiger partial charge in [0.15, 0.2) is 0 Å². The number of carbonyl (C=O) groups is 2. The quantitative estimate of drug-likeness (QED) is 0.702. The molecular weight excluding hydrogens is 441 g/mol. The smallest absolute Gasteiger partial charge is 0.325 e. The van der Waals surface area contributed by atoms with Crippen LogP contribution >= 0.6 is 38.5 Å². The number of aliphatic carboxylic acids is 1. The van der Waals surface area contributed by atoms with Crippen LogP contribution in [0.3, 0.4) is 0 Å². The largest absolute Gasteiger partial charge is 0.480 e. The Kier molecular flexibility index (Phi) is 4.76. The Morgan fingerprint density at radius 1 is 1.45 bits per heavy atom. The van der Waals surface area contributed by atoms with Crippen LogP contribution in [0.2, 0.25) is 0 Å². The number of amides is 1. The average Bonchev–Trinajstić information content (AvgIpc) is 2.78. The van der Waals surface area contributed by atoms with E-state index in [4.69, 9.17) is 5.11 Å². The summed E-state index contributed by atoms with van der Waals surface area (Å²) in [6.07, 6.45) is 2.87. The minimum Gasteiger partial charge on any atom is -0.480 e. The molecule has 0 radical (unpaired) electrons. The Morgan fingerprint density at radius 3 is 2.90 bits per heavy atom. The second kappa shape index (κ2) is 6.35. The number of aromatic nitrogens is 2. The van der Waals surface area contributed by atoms with Crippen LogP contribution < -0.4 is 5.32 Å². The first-order valence-corrected chi connectivity index (χ1v) is 7.33. The van der Waals surface area contributed by atoms with Crippen molar-refractivity contribution in [2.24, 2.45) is 0 Å². The van der Waals surface area contributed by atoms with Crippen LogP contribution in [0.1, 0.15) is 10.4 Å². The summed E-state index contributed by atoms with van der Waals surface area (Å²) in [5.41, 5.74) is 0.949. The zero-order valence-electron chi connectivity index (χ0n) is 10.0. The van der Waals surface area contributed by atoms with E-state index in [9.17, 15) is 9.59 Å². The van der Waals surface area contributed by atoms with Gasteiger partial charge in [0.2, 0.25) is 0 Å². The lowest BCUT2D eigenvalue weighted by atomic mass is 10.2. The highest BCUT2D eigenvalue weighted by Crippen LogP contribution is 2.20. The first-order valence-electron chi connectivity index (χ1n) is 5.46. The molecule has 1 aromatic heterocycles. The van der Waals surface area contributed by atoms with E-state index >= 15 is 0 Å². The van der Waals surface area contributed by atoms with Gasteiger partial charge in [0, 0.05) is 14.2 Å². The van der Waals surface area contributed by atoms with Gasteiger partial charge in [0.05, 0.1) is 17.4 Å². The first-order chi connectivity index (χ1) is 9.45. The van der Waals surface area contributed by atoms with Crippen molar-refractivity contribution in [3.05, 3.63) is 44.2 Å². The lowest BCUT2D eigenvalue weighted by Crippen LogP contribution is -2.12. The Morgan fingerprint density at radius 2 is 2.20 bits per heavy atom. The maximum Gasteiger partial charge on any atom is 0.325 e. The number of carboxylic acids is 1. The molecule has 0 aliphatic rings. The van der Waals surface area contributed by atoms with Gasteiger partial charge in [0.25, 0.3) is 5.91 Å². The molecule has 20 heavy (non-hydrogen) atoms. The standard InChI is InChI=1S/C12H9BrIN3O3/c13-10-2-1-7(14)3-9(10)12(20)16-8-4-15-17(5-8)6-11(18)19/h1-5H,6H2,(H,16,20)(H,18,19). The molecule has 1 heterocycles. The first kappa shape index (κ1) is 15.0. The highest BCUT2D eigenvalue weighted by molar-refractivity contribution is 14.1. The number of carboxylic acid groups (broad SMARTS) is 1. The predicted molar refractivity (Wildman–Crippen MR) is 84.7 cm³/mol. The maximum absolute atomic E-state index is 12.1. The fourth-order valence-corrected chi connectivity index (χ4v) is 2.44. The van der Waals surface area contributed by atoms with E-state index in [1.807, 2.05) is 6.07 Å². The molecule has 0 aliphatic heterocycles. The molecule has 104 valence electrons. The highest BCUT2D eigenvalue weighted by atomic mass is 127. The molecule has 8 heteroatoms. The minimum atomic E-state index is -0.994. The second-order valence-electron chi connectivity index (χ2n) is 3.90. The van der Waals surface area contributed by atoms with Crippen LogP contribution in [0.4, 0.5) is 5.69 Å².